The van der Waals surface area contributed by atoms with Crippen molar-refractivity contribution < 1.29 is 18.8 Å². The summed E-state index contributed by atoms with van der Waals surface area (Å²) in [5, 5.41) is 0.680. The summed E-state index contributed by atoms with van der Waals surface area (Å²) in [6, 6.07) is 15.8. The minimum absolute atomic E-state index is 0.0636. The average molecular weight is 450 g/mol. The molecule has 5 rings (SSSR count). The van der Waals surface area contributed by atoms with E-state index in [1.54, 1.807) is 29.2 Å². The number of imide groups is 1. The molecule has 2 aromatic carbocycles. The van der Waals surface area contributed by atoms with Crippen molar-refractivity contribution in [3.8, 4) is 0 Å². The second-order valence-corrected chi connectivity index (χ2v) is 8.23. The first-order valence-electron chi connectivity index (χ1n) is 10.3. The molecule has 3 heterocycles. The molecular weight excluding hydrogens is 430 g/mol. The van der Waals surface area contributed by atoms with Crippen LogP contribution < -0.4 is 4.90 Å². The van der Waals surface area contributed by atoms with E-state index in [-0.39, 0.29) is 23.9 Å². The van der Waals surface area contributed by atoms with Crippen LogP contribution in [0.15, 0.2) is 65.3 Å². The van der Waals surface area contributed by atoms with Crippen LogP contribution in [0.2, 0.25) is 5.02 Å². The summed E-state index contributed by atoms with van der Waals surface area (Å²) in [5.41, 5.74) is 2.00. The maximum Gasteiger partial charge on any atom is 0.261 e. The summed E-state index contributed by atoms with van der Waals surface area (Å²) in [4.78, 5) is 43.7. The highest BCUT2D eigenvalue weighted by Gasteiger charge is 2.37. The lowest BCUT2D eigenvalue weighted by molar-refractivity contribution is 0.0631. The number of piperazine rings is 1. The maximum absolute atomic E-state index is 13.1. The summed E-state index contributed by atoms with van der Waals surface area (Å²) >= 11 is 6.09. The van der Waals surface area contributed by atoms with Crippen molar-refractivity contribution in [1.29, 1.82) is 0 Å². The van der Waals surface area contributed by atoms with E-state index in [1.165, 1.54) is 12.3 Å². The maximum atomic E-state index is 13.1. The monoisotopic (exact) mass is 449 g/mol. The predicted molar refractivity (Wildman–Crippen MR) is 119 cm³/mol. The fraction of sp³-hybridized carbons (Fsp3) is 0.208. The topological polar surface area (TPSA) is 74.1 Å². The lowest BCUT2D eigenvalue weighted by Crippen LogP contribution is -2.48. The second kappa shape index (κ2) is 8.16. The Kier molecular flexibility index (Phi) is 5.19. The molecule has 32 heavy (non-hydrogen) atoms. The van der Waals surface area contributed by atoms with Gasteiger partial charge in [0.05, 0.1) is 23.9 Å². The van der Waals surface area contributed by atoms with Gasteiger partial charge in [-0.15, -0.1) is 0 Å². The molecule has 8 heteroatoms. The van der Waals surface area contributed by atoms with Gasteiger partial charge in [-0.25, -0.2) is 0 Å². The fourth-order valence-corrected chi connectivity index (χ4v) is 4.33. The summed E-state index contributed by atoms with van der Waals surface area (Å²) in [5.74, 6) is -0.422. The van der Waals surface area contributed by atoms with Crippen molar-refractivity contribution >= 4 is 35.0 Å². The van der Waals surface area contributed by atoms with Crippen molar-refractivity contribution in [3.63, 3.8) is 0 Å². The van der Waals surface area contributed by atoms with Crippen LogP contribution in [0.5, 0.6) is 0 Å². The van der Waals surface area contributed by atoms with Crippen LogP contribution in [-0.4, -0.2) is 53.7 Å². The fourth-order valence-electron chi connectivity index (χ4n) is 4.15. The number of hydrogen-bond acceptors (Lipinski definition) is 5. The van der Waals surface area contributed by atoms with Crippen LogP contribution in [0.25, 0.3) is 0 Å². The lowest BCUT2D eigenvalue weighted by atomic mass is 10.0. The highest BCUT2D eigenvalue weighted by Crippen LogP contribution is 2.27. The van der Waals surface area contributed by atoms with E-state index in [1.807, 2.05) is 24.3 Å². The molecular formula is C24H20ClN3O4. The number of furan rings is 1. The molecule has 3 aromatic rings. The Morgan fingerprint density at radius 1 is 0.906 bits per heavy atom. The number of hydrogen-bond donors (Lipinski definition) is 0. The third-order valence-electron chi connectivity index (χ3n) is 5.85. The lowest BCUT2D eigenvalue weighted by Gasteiger charge is -2.36. The zero-order valence-corrected chi connectivity index (χ0v) is 17.9. The van der Waals surface area contributed by atoms with Gasteiger partial charge in [0, 0.05) is 42.5 Å². The highest BCUT2D eigenvalue weighted by molar-refractivity contribution is 6.30. The Morgan fingerprint density at radius 2 is 1.69 bits per heavy atom. The molecule has 1 aromatic heterocycles. The van der Waals surface area contributed by atoms with Crippen molar-refractivity contribution in [2.75, 3.05) is 31.1 Å². The molecule has 7 nitrogen and oxygen atoms in total. The normalized spacial score (nSPS) is 16.0. The minimum Gasteiger partial charge on any atom is -0.467 e. The van der Waals surface area contributed by atoms with Crippen molar-refractivity contribution in [2.45, 2.75) is 6.54 Å². The number of nitrogens with zero attached hydrogens (tertiary/aromatic N) is 3. The highest BCUT2D eigenvalue weighted by atomic mass is 35.5. The number of amides is 3. The summed E-state index contributed by atoms with van der Waals surface area (Å²) in [6.07, 6.45) is 1.50. The zero-order chi connectivity index (χ0) is 22.2. The number of anilines is 1. The third kappa shape index (κ3) is 3.65. The van der Waals surface area contributed by atoms with Crippen LogP contribution in [0.1, 0.15) is 36.8 Å². The third-order valence-corrected chi connectivity index (χ3v) is 6.09. The molecule has 0 N–H and O–H groups in total. The van der Waals surface area contributed by atoms with Crippen molar-refractivity contribution in [3.05, 3.63) is 88.3 Å². The van der Waals surface area contributed by atoms with Gasteiger partial charge in [-0.3, -0.25) is 19.3 Å². The smallest absolute Gasteiger partial charge is 0.261 e. The van der Waals surface area contributed by atoms with E-state index in [0.29, 0.717) is 48.1 Å². The van der Waals surface area contributed by atoms with Gasteiger partial charge in [-0.05, 0) is 48.5 Å². The number of fused-ring (bicyclic) bond motifs is 1. The first-order valence-corrected chi connectivity index (χ1v) is 10.7. The number of halogens is 1. The molecule has 3 amide bonds. The first kappa shape index (κ1) is 20.3. The van der Waals surface area contributed by atoms with E-state index >= 15 is 0 Å². The van der Waals surface area contributed by atoms with E-state index < -0.39 is 5.91 Å². The van der Waals surface area contributed by atoms with Crippen molar-refractivity contribution in [1.82, 2.24) is 9.80 Å². The molecule has 2 aliphatic heterocycles. The molecule has 1 saturated heterocycles. The molecule has 0 bridgehead atoms. The molecule has 0 saturated carbocycles. The zero-order valence-electron chi connectivity index (χ0n) is 17.2. The van der Waals surface area contributed by atoms with Crippen LogP contribution >= 0.6 is 11.6 Å². The average Bonchev–Trinajstić information content (AvgIpc) is 3.41. The van der Waals surface area contributed by atoms with E-state index in [4.69, 9.17) is 16.0 Å². The largest absolute Gasteiger partial charge is 0.467 e. The Morgan fingerprint density at radius 3 is 2.41 bits per heavy atom. The van der Waals surface area contributed by atoms with Gasteiger partial charge in [0.25, 0.3) is 17.7 Å². The van der Waals surface area contributed by atoms with E-state index in [2.05, 4.69) is 4.90 Å². The SMILES string of the molecule is O=C(c1ccc2c(c1)C(=O)N(Cc1ccco1)C2=O)N1CCN(c2cccc(Cl)c2)CC1. The van der Waals surface area contributed by atoms with Crippen LogP contribution in [0.3, 0.4) is 0 Å². The first-order chi connectivity index (χ1) is 15.5. The summed E-state index contributed by atoms with van der Waals surface area (Å²) in [7, 11) is 0. The van der Waals surface area contributed by atoms with Gasteiger partial charge in [0.1, 0.15) is 5.76 Å². The van der Waals surface area contributed by atoms with Gasteiger partial charge in [0.2, 0.25) is 0 Å². The van der Waals surface area contributed by atoms with E-state index in [9.17, 15) is 14.4 Å². The molecule has 0 spiro atoms. The minimum atomic E-state index is -0.415. The second-order valence-electron chi connectivity index (χ2n) is 7.80. The van der Waals surface area contributed by atoms with Gasteiger partial charge >= 0.3 is 0 Å². The Bertz CT molecular complexity index is 1200. The standard InChI is InChI=1S/C24H20ClN3O4/c25-17-3-1-4-18(14-17)26-8-10-27(11-9-26)22(29)16-6-7-20-21(13-16)24(31)28(23(20)30)15-19-5-2-12-32-19/h1-7,12-14H,8-11,15H2. The molecule has 0 radical (unpaired) electrons. The van der Waals surface area contributed by atoms with Gasteiger partial charge in [0.15, 0.2) is 0 Å². The number of carbonyl (C=O) groups is 3. The van der Waals surface area contributed by atoms with Crippen molar-refractivity contribution in [2.24, 2.45) is 0 Å². The Balaban J connectivity index is 1.29. The molecule has 0 unspecified atom stereocenters. The van der Waals surface area contributed by atoms with Gasteiger partial charge in [-0.2, -0.15) is 0 Å². The van der Waals surface area contributed by atoms with Gasteiger partial charge < -0.3 is 14.2 Å². The van der Waals surface area contributed by atoms with Crippen LogP contribution in [0, 0.1) is 0 Å². The summed E-state index contributed by atoms with van der Waals surface area (Å²) < 4.78 is 5.26. The predicted octanol–water partition coefficient (Wildman–Crippen LogP) is 3.69. The molecule has 162 valence electrons. The Hall–Kier alpha value is -3.58. The molecule has 1 fully saturated rings. The van der Waals surface area contributed by atoms with Crippen LogP contribution in [-0.2, 0) is 6.54 Å². The van der Waals surface area contributed by atoms with Crippen LogP contribution in [0.4, 0.5) is 5.69 Å². The molecule has 0 atom stereocenters. The molecule has 2 aliphatic rings. The molecule has 0 aliphatic carbocycles. The quantitative estimate of drug-likeness (QED) is 0.568. The Labute approximate surface area is 189 Å². The number of benzene rings is 2. The number of carbonyl (C=O) groups excluding carboxylic acids is 3. The van der Waals surface area contributed by atoms with E-state index in [0.717, 1.165) is 10.6 Å². The van der Waals surface area contributed by atoms with Gasteiger partial charge in [-0.1, -0.05) is 17.7 Å². The summed E-state index contributed by atoms with van der Waals surface area (Å²) in [6.45, 7) is 2.55. The number of rotatable bonds is 4.